The van der Waals surface area contributed by atoms with E-state index in [1.807, 2.05) is 47.7 Å². The molecule has 0 unspecified atom stereocenters. The summed E-state index contributed by atoms with van der Waals surface area (Å²) >= 11 is 1.81. The third kappa shape index (κ3) is 4.94. The van der Waals surface area contributed by atoms with Crippen LogP contribution in [0.4, 0.5) is 0 Å². The monoisotopic (exact) mass is 706 g/mol. The summed E-state index contributed by atoms with van der Waals surface area (Å²) < 4.78 is 4.77. The maximum Gasteiger partial charge on any atom is 0.165 e. The summed E-state index contributed by atoms with van der Waals surface area (Å²) in [5, 5.41) is 7.35. The van der Waals surface area contributed by atoms with Gasteiger partial charge in [-0.15, -0.1) is 11.3 Å². The Kier molecular flexibility index (Phi) is 7.00. The molecule has 0 aliphatic heterocycles. The lowest BCUT2D eigenvalue weighted by Gasteiger charge is -2.10. The first-order valence-corrected chi connectivity index (χ1v) is 18.9. The molecule has 0 amide bonds. The van der Waals surface area contributed by atoms with Crippen molar-refractivity contribution >= 4 is 64.1 Å². The predicted octanol–water partition coefficient (Wildman–Crippen LogP) is 13.2. The minimum absolute atomic E-state index is 0.660. The first-order chi connectivity index (χ1) is 26.8. The van der Waals surface area contributed by atoms with Gasteiger partial charge in [-0.3, -0.25) is 0 Å². The molecule has 0 aliphatic carbocycles. The van der Waals surface area contributed by atoms with Crippen LogP contribution in [0.15, 0.2) is 182 Å². The summed E-state index contributed by atoms with van der Waals surface area (Å²) in [6, 6.07) is 64.4. The summed E-state index contributed by atoms with van der Waals surface area (Å²) in [6.07, 6.45) is 0. The molecule has 4 nitrogen and oxygen atoms in total. The zero-order valence-corrected chi connectivity index (χ0v) is 29.8. The highest BCUT2D eigenvalue weighted by atomic mass is 32.1. The van der Waals surface area contributed by atoms with Crippen LogP contribution >= 0.6 is 11.3 Å². The van der Waals surface area contributed by atoms with E-state index in [4.69, 9.17) is 15.0 Å². The van der Waals surface area contributed by atoms with Gasteiger partial charge in [-0.25, -0.2) is 15.0 Å². The van der Waals surface area contributed by atoms with Gasteiger partial charge in [0.05, 0.1) is 11.0 Å². The van der Waals surface area contributed by atoms with Gasteiger partial charge in [0.1, 0.15) is 0 Å². The number of benzene rings is 8. The van der Waals surface area contributed by atoms with E-state index in [9.17, 15) is 0 Å². The molecule has 3 aromatic heterocycles. The fourth-order valence-corrected chi connectivity index (χ4v) is 9.18. The number of thiophene rings is 1. The summed E-state index contributed by atoms with van der Waals surface area (Å²) in [7, 11) is 0. The largest absolute Gasteiger partial charge is 0.309 e. The van der Waals surface area contributed by atoms with Crippen molar-refractivity contribution in [3.05, 3.63) is 182 Å². The summed E-state index contributed by atoms with van der Waals surface area (Å²) in [6.45, 7) is 0. The molecule has 5 heteroatoms. The predicted molar refractivity (Wildman–Crippen MR) is 226 cm³/mol. The third-order valence-electron chi connectivity index (χ3n) is 10.4. The van der Waals surface area contributed by atoms with Crippen molar-refractivity contribution in [1.82, 2.24) is 19.5 Å². The molecule has 252 valence electrons. The Morgan fingerprint density at radius 1 is 0.389 bits per heavy atom. The second kappa shape index (κ2) is 12.3. The molecule has 8 aromatic carbocycles. The molecule has 0 fully saturated rings. The van der Waals surface area contributed by atoms with Crippen LogP contribution in [0, 0.1) is 0 Å². The van der Waals surface area contributed by atoms with Crippen molar-refractivity contribution < 1.29 is 0 Å². The number of rotatable bonds is 5. The number of fused-ring (bicyclic) bond motifs is 8. The van der Waals surface area contributed by atoms with Gasteiger partial charge in [0.2, 0.25) is 0 Å². The Morgan fingerprint density at radius 2 is 0.963 bits per heavy atom. The quantitative estimate of drug-likeness (QED) is 0.179. The standard InChI is InChI=1S/C49H30N4S/c1-4-14-31(15-5-1)47-50-48(32-16-6-2-7-17-32)52-49(51-47)41-29-35-18-10-11-21-37(35)45-39-26-24-34(30-44(39)54-46(41)45)33-25-27-43-40(28-33)38-22-12-13-23-42(38)53(43)36-19-8-3-9-20-36/h1-30H. The molecular weight excluding hydrogens is 677 g/mol. The van der Waals surface area contributed by atoms with Gasteiger partial charge in [0.15, 0.2) is 17.5 Å². The minimum atomic E-state index is 0.660. The van der Waals surface area contributed by atoms with Crippen LogP contribution in [0.3, 0.4) is 0 Å². The highest BCUT2D eigenvalue weighted by Gasteiger charge is 2.20. The molecule has 0 aliphatic rings. The van der Waals surface area contributed by atoms with Crippen LogP contribution in [-0.4, -0.2) is 19.5 Å². The van der Waals surface area contributed by atoms with E-state index in [1.165, 1.54) is 58.5 Å². The molecule has 11 rings (SSSR count). The average molecular weight is 707 g/mol. The first kappa shape index (κ1) is 30.7. The van der Waals surface area contributed by atoms with E-state index in [0.717, 1.165) is 27.8 Å². The van der Waals surface area contributed by atoms with Crippen molar-refractivity contribution in [2.75, 3.05) is 0 Å². The van der Waals surface area contributed by atoms with Crippen LogP contribution < -0.4 is 0 Å². The van der Waals surface area contributed by atoms with E-state index in [0.29, 0.717) is 17.5 Å². The molecular formula is C49H30N4S. The van der Waals surface area contributed by atoms with E-state index in [2.05, 4.69) is 150 Å². The smallest absolute Gasteiger partial charge is 0.165 e. The van der Waals surface area contributed by atoms with Gasteiger partial charge in [0.25, 0.3) is 0 Å². The molecule has 0 radical (unpaired) electrons. The second-order valence-electron chi connectivity index (χ2n) is 13.6. The minimum Gasteiger partial charge on any atom is -0.309 e. The van der Waals surface area contributed by atoms with Gasteiger partial charge in [-0.1, -0.05) is 140 Å². The molecule has 0 saturated carbocycles. The number of aromatic nitrogens is 4. The molecule has 0 spiro atoms. The van der Waals surface area contributed by atoms with Crippen LogP contribution in [0.5, 0.6) is 0 Å². The van der Waals surface area contributed by atoms with Gasteiger partial charge >= 0.3 is 0 Å². The van der Waals surface area contributed by atoms with Crippen molar-refractivity contribution in [3.8, 4) is 51.0 Å². The molecule has 0 N–H and O–H groups in total. The van der Waals surface area contributed by atoms with E-state index < -0.39 is 0 Å². The van der Waals surface area contributed by atoms with Crippen molar-refractivity contribution in [2.45, 2.75) is 0 Å². The number of para-hydroxylation sites is 2. The Hall–Kier alpha value is -6.95. The third-order valence-corrected chi connectivity index (χ3v) is 11.6. The number of hydrogen-bond acceptors (Lipinski definition) is 4. The molecule has 0 atom stereocenters. The van der Waals surface area contributed by atoms with Crippen molar-refractivity contribution in [1.29, 1.82) is 0 Å². The lowest BCUT2D eigenvalue weighted by atomic mass is 9.98. The summed E-state index contributed by atoms with van der Waals surface area (Å²) in [5.74, 6) is 1.99. The van der Waals surface area contributed by atoms with Crippen LogP contribution in [0.25, 0.3) is 104 Å². The molecule has 3 heterocycles. The van der Waals surface area contributed by atoms with E-state index >= 15 is 0 Å². The SMILES string of the molecule is c1ccc(-c2nc(-c3ccccc3)nc(-c3cc4ccccc4c4c3sc3cc(-c5ccc6c(c5)c5ccccc5n6-c5ccccc5)ccc34)n2)cc1. The maximum absolute atomic E-state index is 5.15. The maximum atomic E-state index is 5.15. The fraction of sp³-hybridized carbons (Fsp3) is 0. The summed E-state index contributed by atoms with van der Waals surface area (Å²) in [5.41, 5.74) is 8.89. The highest BCUT2D eigenvalue weighted by Crippen LogP contribution is 2.45. The molecule has 0 saturated heterocycles. The zero-order valence-electron chi connectivity index (χ0n) is 29.0. The van der Waals surface area contributed by atoms with Gasteiger partial charge < -0.3 is 4.57 Å². The first-order valence-electron chi connectivity index (χ1n) is 18.1. The van der Waals surface area contributed by atoms with E-state index in [-0.39, 0.29) is 0 Å². The Morgan fingerprint density at radius 3 is 1.70 bits per heavy atom. The van der Waals surface area contributed by atoms with Crippen LogP contribution in [0.1, 0.15) is 0 Å². The average Bonchev–Trinajstić information content (AvgIpc) is 3.80. The van der Waals surface area contributed by atoms with Gasteiger partial charge in [0, 0.05) is 53.3 Å². The summed E-state index contributed by atoms with van der Waals surface area (Å²) in [4.78, 5) is 15.3. The lowest BCUT2D eigenvalue weighted by Crippen LogP contribution is -2.00. The highest BCUT2D eigenvalue weighted by molar-refractivity contribution is 7.26. The number of hydrogen-bond donors (Lipinski definition) is 0. The lowest BCUT2D eigenvalue weighted by molar-refractivity contribution is 1.08. The zero-order chi connectivity index (χ0) is 35.6. The van der Waals surface area contributed by atoms with Gasteiger partial charge in [-0.05, 0) is 64.4 Å². The Labute approximate surface area is 315 Å². The normalized spacial score (nSPS) is 11.7. The second-order valence-corrected chi connectivity index (χ2v) is 14.7. The fourth-order valence-electron chi connectivity index (χ4n) is 7.91. The molecule has 0 bridgehead atoms. The van der Waals surface area contributed by atoms with Crippen molar-refractivity contribution in [2.24, 2.45) is 0 Å². The van der Waals surface area contributed by atoms with Crippen LogP contribution in [0.2, 0.25) is 0 Å². The Balaban J connectivity index is 1.12. The van der Waals surface area contributed by atoms with Crippen LogP contribution in [-0.2, 0) is 0 Å². The molecule has 54 heavy (non-hydrogen) atoms. The number of nitrogens with zero attached hydrogens (tertiary/aromatic N) is 4. The van der Waals surface area contributed by atoms with E-state index in [1.54, 1.807) is 0 Å². The Bertz CT molecular complexity index is 3140. The van der Waals surface area contributed by atoms with Crippen molar-refractivity contribution in [3.63, 3.8) is 0 Å². The topological polar surface area (TPSA) is 43.6 Å². The van der Waals surface area contributed by atoms with Gasteiger partial charge in [-0.2, -0.15) is 0 Å². The molecule has 11 aromatic rings.